The molecule has 1 aliphatic carbocycles. The largest absolute Gasteiger partial charge is 0.455 e. The van der Waals surface area contributed by atoms with Crippen LogP contribution in [0.3, 0.4) is 0 Å². The first kappa shape index (κ1) is 23.1. The maximum Gasteiger partial charge on any atom is 0.305 e. The van der Waals surface area contributed by atoms with Gasteiger partial charge < -0.3 is 9.73 Å². The predicted molar refractivity (Wildman–Crippen MR) is 130 cm³/mol. The number of hydrogen-bond acceptors (Lipinski definition) is 5. The van der Waals surface area contributed by atoms with E-state index in [0.29, 0.717) is 35.0 Å². The van der Waals surface area contributed by atoms with E-state index in [1.807, 2.05) is 30.3 Å². The van der Waals surface area contributed by atoms with Gasteiger partial charge in [0.2, 0.25) is 0 Å². The van der Waals surface area contributed by atoms with Crippen molar-refractivity contribution in [3.63, 3.8) is 0 Å². The van der Waals surface area contributed by atoms with Gasteiger partial charge in [0.15, 0.2) is 10.9 Å². The van der Waals surface area contributed by atoms with Crippen LogP contribution in [0, 0.1) is 12.7 Å². The number of carbonyl (C=O) groups excluding carboxylic acids is 2. The zero-order valence-corrected chi connectivity index (χ0v) is 19.1. The summed E-state index contributed by atoms with van der Waals surface area (Å²) in [6, 6.07) is 14.9. The Kier molecular flexibility index (Phi) is 6.98. The molecule has 0 saturated carbocycles. The molecule has 0 spiro atoms. The van der Waals surface area contributed by atoms with Gasteiger partial charge in [0.25, 0.3) is 5.91 Å². The van der Waals surface area contributed by atoms with E-state index in [0.717, 1.165) is 23.7 Å². The standard InChI is InChI=1S/C24H22FN5O3S/c1-14-20-18(27-30-24(34)26-15-8-3-2-4-9-15)12-7-13-19(20)33-21(14)23(32)29-28-22(31)16-10-5-6-11-17(16)25/h2-6,8-11H,7,12-13H2,1H3,(H,28,31)(H,29,32)(H2,26,30,34)/b27-18+. The number of rotatable bonds is 4. The molecule has 0 fully saturated rings. The number of hydrazine groups is 1. The number of hydrazone groups is 1. The molecule has 4 N–H and O–H groups in total. The molecule has 2 aromatic carbocycles. The second-order valence-corrected chi connectivity index (χ2v) is 7.99. The van der Waals surface area contributed by atoms with Crippen molar-refractivity contribution in [1.29, 1.82) is 0 Å². The second kappa shape index (κ2) is 10.3. The molecule has 4 rings (SSSR count). The number of thiocarbonyl (C=S) groups is 1. The lowest BCUT2D eigenvalue weighted by Crippen LogP contribution is -2.42. The molecular weight excluding hydrogens is 457 g/mol. The Labute approximate surface area is 200 Å². The molecule has 174 valence electrons. The van der Waals surface area contributed by atoms with Crippen LogP contribution < -0.4 is 21.6 Å². The number of para-hydroxylation sites is 1. The number of furan rings is 1. The summed E-state index contributed by atoms with van der Waals surface area (Å²) in [4.78, 5) is 24.9. The van der Waals surface area contributed by atoms with Crippen LogP contribution in [0.4, 0.5) is 10.1 Å². The van der Waals surface area contributed by atoms with E-state index in [9.17, 15) is 14.0 Å². The van der Waals surface area contributed by atoms with Gasteiger partial charge in [-0.1, -0.05) is 30.3 Å². The van der Waals surface area contributed by atoms with Crippen LogP contribution in [0.15, 0.2) is 64.1 Å². The second-order valence-electron chi connectivity index (χ2n) is 7.59. The fraction of sp³-hybridized carbons (Fsp3) is 0.167. The molecule has 1 aliphatic rings. The topological polar surface area (TPSA) is 108 Å². The Morgan fingerprint density at radius 2 is 1.71 bits per heavy atom. The summed E-state index contributed by atoms with van der Waals surface area (Å²) in [7, 11) is 0. The molecule has 2 amide bonds. The summed E-state index contributed by atoms with van der Waals surface area (Å²) >= 11 is 5.31. The van der Waals surface area contributed by atoms with Crippen LogP contribution in [0.1, 0.15) is 50.6 Å². The normalized spacial score (nSPS) is 13.6. The monoisotopic (exact) mass is 479 g/mol. The van der Waals surface area contributed by atoms with E-state index in [1.54, 1.807) is 6.92 Å². The van der Waals surface area contributed by atoms with Gasteiger partial charge in [-0.2, -0.15) is 5.10 Å². The molecule has 0 bridgehead atoms. The van der Waals surface area contributed by atoms with Crippen LogP contribution >= 0.6 is 12.2 Å². The molecule has 8 nitrogen and oxygen atoms in total. The molecule has 0 saturated heterocycles. The van der Waals surface area contributed by atoms with Crippen molar-refractivity contribution in [1.82, 2.24) is 16.3 Å². The Hall–Kier alpha value is -4.05. The Morgan fingerprint density at radius 1 is 1.00 bits per heavy atom. The van der Waals surface area contributed by atoms with E-state index in [2.05, 4.69) is 26.7 Å². The molecule has 34 heavy (non-hydrogen) atoms. The number of carbonyl (C=O) groups is 2. The number of amides is 2. The molecule has 0 radical (unpaired) electrons. The minimum absolute atomic E-state index is 0.0541. The number of halogens is 1. The van der Waals surface area contributed by atoms with Crippen molar-refractivity contribution in [2.45, 2.75) is 26.2 Å². The average Bonchev–Trinajstić information content (AvgIpc) is 3.19. The van der Waals surface area contributed by atoms with Crippen LogP contribution in [0.5, 0.6) is 0 Å². The lowest BCUT2D eigenvalue weighted by Gasteiger charge is -2.14. The highest BCUT2D eigenvalue weighted by Gasteiger charge is 2.28. The zero-order chi connectivity index (χ0) is 24.1. The van der Waals surface area contributed by atoms with Crippen molar-refractivity contribution >= 4 is 40.5 Å². The summed E-state index contributed by atoms with van der Waals surface area (Å²) in [6.07, 6.45) is 2.13. The minimum Gasteiger partial charge on any atom is -0.455 e. The Bertz CT molecular complexity index is 1270. The highest BCUT2D eigenvalue weighted by molar-refractivity contribution is 7.80. The van der Waals surface area contributed by atoms with Gasteiger partial charge in [0, 0.05) is 23.2 Å². The van der Waals surface area contributed by atoms with Crippen LogP contribution in [-0.2, 0) is 6.42 Å². The number of anilines is 1. The maximum atomic E-state index is 13.8. The summed E-state index contributed by atoms with van der Waals surface area (Å²) in [5, 5.41) is 7.82. The van der Waals surface area contributed by atoms with Crippen molar-refractivity contribution < 1.29 is 18.4 Å². The number of nitrogens with zero attached hydrogens (tertiary/aromatic N) is 1. The number of fused-ring (bicyclic) bond motifs is 1. The van der Waals surface area contributed by atoms with E-state index in [-0.39, 0.29) is 11.3 Å². The summed E-state index contributed by atoms with van der Waals surface area (Å²) in [5.41, 5.74) is 10.0. The van der Waals surface area contributed by atoms with E-state index in [4.69, 9.17) is 16.6 Å². The molecule has 3 aromatic rings. The minimum atomic E-state index is -0.772. The summed E-state index contributed by atoms with van der Waals surface area (Å²) in [5.74, 6) is -1.42. The third-order valence-electron chi connectivity index (χ3n) is 5.26. The highest BCUT2D eigenvalue weighted by Crippen LogP contribution is 2.29. The smallest absolute Gasteiger partial charge is 0.305 e. The first-order valence-electron chi connectivity index (χ1n) is 10.6. The van der Waals surface area contributed by atoms with Crippen LogP contribution in [-0.4, -0.2) is 22.6 Å². The zero-order valence-electron chi connectivity index (χ0n) is 18.3. The van der Waals surface area contributed by atoms with Crippen molar-refractivity contribution in [2.24, 2.45) is 5.10 Å². The quantitative estimate of drug-likeness (QED) is 0.335. The van der Waals surface area contributed by atoms with Gasteiger partial charge in [-0.3, -0.25) is 25.9 Å². The third-order valence-corrected chi connectivity index (χ3v) is 5.46. The van der Waals surface area contributed by atoms with Gasteiger partial charge in [-0.15, -0.1) is 0 Å². The summed E-state index contributed by atoms with van der Waals surface area (Å²) < 4.78 is 19.6. The van der Waals surface area contributed by atoms with E-state index < -0.39 is 17.6 Å². The predicted octanol–water partition coefficient (Wildman–Crippen LogP) is 3.83. The first-order valence-corrected chi connectivity index (χ1v) is 11.0. The van der Waals surface area contributed by atoms with Crippen molar-refractivity contribution in [3.05, 3.63) is 88.6 Å². The molecular formula is C24H22FN5O3S. The molecule has 1 heterocycles. The summed E-state index contributed by atoms with van der Waals surface area (Å²) in [6.45, 7) is 1.75. The van der Waals surface area contributed by atoms with Gasteiger partial charge >= 0.3 is 5.91 Å². The van der Waals surface area contributed by atoms with Crippen molar-refractivity contribution in [2.75, 3.05) is 5.32 Å². The highest BCUT2D eigenvalue weighted by atomic mass is 32.1. The van der Waals surface area contributed by atoms with Crippen LogP contribution in [0.2, 0.25) is 0 Å². The third kappa shape index (κ3) is 5.12. The number of hydrogen-bond donors (Lipinski definition) is 4. The maximum absolute atomic E-state index is 13.8. The van der Waals surface area contributed by atoms with E-state index >= 15 is 0 Å². The number of nitrogens with one attached hydrogen (secondary N) is 4. The lowest BCUT2D eigenvalue weighted by molar-refractivity contribution is 0.0827. The molecule has 0 atom stereocenters. The molecule has 0 unspecified atom stereocenters. The number of aryl methyl sites for hydroxylation is 1. The van der Waals surface area contributed by atoms with E-state index in [1.165, 1.54) is 18.2 Å². The average molecular weight is 480 g/mol. The van der Waals surface area contributed by atoms with Gasteiger partial charge in [0.05, 0.1) is 11.3 Å². The molecule has 10 heteroatoms. The van der Waals surface area contributed by atoms with Gasteiger partial charge in [0.1, 0.15) is 11.6 Å². The SMILES string of the molecule is Cc1c(C(=O)NNC(=O)c2ccccc2F)oc2c1/C(=N/NC(=S)Nc1ccccc1)CCC2. The van der Waals surface area contributed by atoms with Gasteiger partial charge in [-0.25, -0.2) is 4.39 Å². The number of benzene rings is 2. The van der Waals surface area contributed by atoms with Crippen molar-refractivity contribution in [3.8, 4) is 0 Å². The fourth-order valence-corrected chi connectivity index (χ4v) is 3.84. The molecule has 0 aliphatic heterocycles. The lowest BCUT2D eigenvalue weighted by atomic mass is 9.93. The Morgan fingerprint density at radius 3 is 2.47 bits per heavy atom. The molecule has 1 aromatic heterocycles. The van der Waals surface area contributed by atoms with Crippen LogP contribution in [0.25, 0.3) is 0 Å². The fourth-order valence-electron chi connectivity index (χ4n) is 3.68. The Balaban J connectivity index is 1.45. The van der Waals surface area contributed by atoms with Gasteiger partial charge in [-0.05, 0) is 56.2 Å². The first-order chi connectivity index (χ1) is 16.4.